The standard InChI is InChI=1S/C19H18FN3O3S/c1-23(27(25,26)17-8-4-15(20)5-9-17)12-18(24)22-16-6-2-14(3-7-16)19(13-21)10-11-19/h2-9H,10-12H2,1H3,(H,22,24). The fraction of sp³-hybridized carbons (Fsp3) is 0.263. The molecule has 1 aliphatic rings. The minimum Gasteiger partial charge on any atom is -0.325 e. The van der Waals surface area contributed by atoms with Crippen LogP contribution in [0.25, 0.3) is 0 Å². The summed E-state index contributed by atoms with van der Waals surface area (Å²) in [5.74, 6) is -1.04. The largest absolute Gasteiger partial charge is 0.325 e. The van der Waals surface area contributed by atoms with E-state index in [2.05, 4.69) is 11.4 Å². The zero-order valence-corrected chi connectivity index (χ0v) is 15.5. The highest BCUT2D eigenvalue weighted by Gasteiger charge is 2.44. The van der Waals surface area contributed by atoms with Crippen LogP contribution >= 0.6 is 0 Å². The number of carbonyl (C=O) groups excluding carboxylic acids is 1. The number of anilines is 1. The maximum absolute atomic E-state index is 13.0. The number of nitriles is 1. The van der Waals surface area contributed by atoms with Crippen molar-refractivity contribution in [3.63, 3.8) is 0 Å². The number of carbonyl (C=O) groups is 1. The van der Waals surface area contributed by atoms with Crippen molar-refractivity contribution < 1.29 is 17.6 Å². The first kappa shape index (κ1) is 19.0. The number of nitrogens with one attached hydrogen (secondary N) is 1. The second kappa shape index (κ2) is 7.10. The summed E-state index contributed by atoms with van der Waals surface area (Å²) < 4.78 is 38.7. The first-order valence-corrected chi connectivity index (χ1v) is 9.74. The van der Waals surface area contributed by atoms with E-state index in [9.17, 15) is 22.9 Å². The summed E-state index contributed by atoms with van der Waals surface area (Å²) in [7, 11) is -2.61. The molecule has 0 unspecified atom stereocenters. The molecule has 3 rings (SSSR count). The average Bonchev–Trinajstić information content (AvgIpc) is 3.44. The maximum Gasteiger partial charge on any atom is 0.243 e. The van der Waals surface area contributed by atoms with Crippen molar-refractivity contribution >= 4 is 21.6 Å². The van der Waals surface area contributed by atoms with E-state index in [1.807, 2.05) is 0 Å². The van der Waals surface area contributed by atoms with E-state index in [0.717, 1.165) is 47.0 Å². The first-order valence-electron chi connectivity index (χ1n) is 8.30. The predicted octanol–water partition coefficient (Wildman–Crippen LogP) is 2.64. The first-order chi connectivity index (χ1) is 12.8. The quantitative estimate of drug-likeness (QED) is 0.825. The molecule has 1 fully saturated rings. The molecule has 2 aromatic rings. The third kappa shape index (κ3) is 3.99. The van der Waals surface area contributed by atoms with Crippen molar-refractivity contribution in [3.05, 3.63) is 59.9 Å². The van der Waals surface area contributed by atoms with Crippen LogP contribution in [0, 0.1) is 17.1 Å². The zero-order valence-electron chi connectivity index (χ0n) is 14.6. The Morgan fingerprint density at radius 3 is 2.30 bits per heavy atom. The van der Waals surface area contributed by atoms with Crippen LogP contribution in [0.1, 0.15) is 18.4 Å². The van der Waals surface area contributed by atoms with Crippen LogP contribution < -0.4 is 5.32 Å². The van der Waals surface area contributed by atoms with Gasteiger partial charge in [-0.25, -0.2) is 12.8 Å². The Morgan fingerprint density at radius 2 is 1.78 bits per heavy atom. The number of hydrogen-bond donors (Lipinski definition) is 1. The van der Waals surface area contributed by atoms with Crippen LogP contribution in [0.15, 0.2) is 53.4 Å². The van der Waals surface area contributed by atoms with E-state index in [0.29, 0.717) is 5.69 Å². The fourth-order valence-corrected chi connectivity index (χ4v) is 3.86. The predicted molar refractivity (Wildman–Crippen MR) is 97.8 cm³/mol. The third-order valence-electron chi connectivity index (χ3n) is 4.57. The van der Waals surface area contributed by atoms with Crippen LogP contribution in [0.3, 0.4) is 0 Å². The highest BCUT2D eigenvalue weighted by Crippen LogP contribution is 2.47. The number of nitrogens with zero attached hydrogens (tertiary/aromatic N) is 2. The maximum atomic E-state index is 13.0. The minimum atomic E-state index is -3.89. The number of rotatable bonds is 6. The molecule has 0 spiro atoms. The summed E-state index contributed by atoms with van der Waals surface area (Å²) in [5.41, 5.74) is 1.04. The van der Waals surface area contributed by atoms with Gasteiger partial charge in [-0.3, -0.25) is 4.79 Å². The van der Waals surface area contributed by atoms with Gasteiger partial charge in [0.25, 0.3) is 0 Å². The van der Waals surface area contributed by atoms with Gasteiger partial charge >= 0.3 is 0 Å². The number of hydrogen-bond acceptors (Lipinski definition) is 4. The Balaban J connectivity index is 1.63. The molecule has 1 saturated carbocycles. The van der Waals surface area contributed by atoms with E-state index < -0.39 is 27.2 Å². The van der Waals surface area contributed by atoms with E-state index in [-0.39, 0.29) is 11.4 Å². The zero-order chi connectivity index (χ0) is 19.7. The van der Waals surface area contributed by atoms with Gasteiger partial charge in [-0.15, -0.1) is 0 Å². The molecule has 0 atom stereocenters. The van der Waals surface area contributed by atoms with Gasteiger partial charge in [0, 0.05) is 12.7 Å². The molecule has 0 aliphatic heterocycles. The molecule has 0 saturated heterocycles. The third-order valence-corrected chi connectivity index (χ3v) is 6.39. The highest BCUT2D eigenvalue weighted by molar-refractivity contribution is 7.89. The van der Waals surface area contributed by atoms with Crippen LogP contribution in [0.4, 0.5) is 10.1 Å². The molecule has 140 valence electrons. The number of benzene rings is 2. The Morgan fingerprint density at radius 1 is 1.19 bits per heavy atom. The van der Waals surface area contributed by atoms with Gasteiger partial charge in [0.1, 0.15) is 5.82 Å². The molecule has 0 bridgehead atoms. The highest BCUT2D eigenvalue weighted by atomic mass is 32.2. The molecule has 27 heavy (non-hydrogen) atoms. The molecular weight excluding hydrogens is 369 g/mol. The summed E-state index contributed by atoms with van der Waals surface area (Å²) in [6.07, 6.45) is 1.67. The lowest BCUT2D eigenvalue weighted by Crippen LogP contribution is -2.35. The van der Waals surface area contributed by atoms with Crippen LogP contribution in [-0.2, 0) is 20.2 Å². The van der Waals surface area contributed by atoms with Crippen LogP contribution in [0.5, 0.6) is 0 Å². The summed E-state index contributed by atoms with van der Waals surface area (Å²) >= 11 is 0. The van der Waals surface area contributed by atoms with Crippen molar-refractivity contribution in [2.45, 2.75) is 23.2 Å². The number of sulfonamides is 1. The molecule has 2 aromatic carbocycles. The normalized spacial score (nSPS) is 15.2. The molecule has 6 nitrogen and oxygen atoms in total. The van der Waals surface area contributed by atoms with Gasteiger partial charge in [-0.05, 0) is 54.8 Å². The van der Waals surface area contributed by atoms with E-state index >= 15 is 0 Å². The monoisotopic (exact) mass is 387 g/mol. The topological polar surface area (TPSA) is 90.3 Å². The Kier molecular flexibility index (Phi) is 5.00. The van der Waals surface area contributed by atoms with Crippen molar-refractivity contribution in [1.29, 1.82) is 5.26 Å². The SMILES string of the molecule is CN(CC(=O)Nc1ccc(C2(C#N)CC2)cc1)S(=O)(=O)c1ccc(F)cc1. The smallest absolute Gasteiger partial charge is 0.243 e. The summed E-state index contributed by atoms with van der Waals surface area (Å²) in [4.78, 5) is 12.1. The second-order valence-corrected chi connectivity index (χ2v) is 8.58. The van der Waals surface area contributed by atoms with Crippen molar-refractivity contribution in [2.75, 3.05) is 18.9 Å². The van der Waals surface area contributed by atoms with Gasteiger partial charge in [0.2, 0.25) is 15.9 Å². The molecule has 0 heterocycles. The number of likely N-dealkylation sites (N-methyl/N-ethyl adjacent to an activating group) is 1. The van der Waals surface area contributed by atoms with E-state index in [1.165, 1.54) is 7.05 Å². The van der Waals surface area contributed by atoms with Gasteiger partial charge in [-0.1, -0.05) is 12.1 Å². The van der Waals surface area contributed by atoms with Gasteiger partial charge < -0.3 is 5.32 Å². The lowest BCUT2D eigenvalue weighted by Gasteiger charge is -2.17. The molecule has 1 N–H and O–H groups in total. The molecule has 0 aromatic heterocycles. The van der Waals surface area contributed by atoms with E-state index in [1.54, 1.807) is 24.3 Å². The Bertz CT molecular complexity index is 992. The molecule has 1 aliphatic carbocycles. The second-order valence-electron chi connectivity index (χ2n) is 6.53. The van der Waals surface area contributed by atoms with Crippen molar-refractivity contribution in [3.8, 4) is 6.07 Å². The fourth-order valence-electron chi connectivity index (χ4n) is 2.74. The molecular formula is C19H18FN3O3S. The minimum absolute atomic E-state index is 0.0882. The lowest BCUT2D eigenvalue weighted by atomic mass is 9.98. The molecule has 1 amide bonds. The Hall–Kier alpha value is -2.76. The number of amides is 1. The average molecular weight is 387 g/mol. The lowest BCUT2D eigenvalue weighted by molar-refractivity contribution is -0.116. The van der Waals surface area contributed by atoms with Crippen LogP contribution in [0.2, 0.25) is 0 Å². The van der Waals surface area contributed by atoms with E-state index in [4.69, 9.17) is 0 Å². The van der Waals surface area contributed by atoms with Crippen molar-refractivity contribution in [1.82, 2.24) is 4.31 Å². The van der Waals surface area contributed by atoms with Gasteiger partial charge in [0.15, 0.2) is 0 Å². The van der Waals surface area contributed by atoms with Gasteiger partial charge in [-0.2, -0.15) is 9.57 Å². The van der Waals surface area contributed by atoms with Crippen LogP contribution in [-0.4, -0.2) is 32.2 Å². The number of halogens is 1. The summed E-state index contributed by atoms with van der Waals surface area (Å²) in [6, 6.07) is 13.7. The Labute approximate surface area is 157 Å². The van der Waals surface area contributed by atoms with Gasteiger partial charge in [0.05, 0.1) is 22.9 Å². The molecule has 8 heteroatoms. The summed E-state index contributed by atoms with van der Waals surface area (Å²) in [6.45, 7) is -0.385. The summed E-state index contributed by atoms with van der Waals surface area (Å²) in [5, 5.41) is 11.8. The van der Waals surface area contributed by atoms with Crippen molar-refractivity contribution in [2.24, 2.45) is 0 Å². The molecule has 0 radical (unpaired) electrons.